The van der Waals surface area contributed by atoms with Crippen molar-refractivity contribution in [1.29, 1.82) is 0 Å². The number of ether oxygens (including phenoxy) is 1. The minimum Gasteiger partial charge on any atom is -0.383 e. The van der Waals surface area contributed by atoms with Gasteiger partial charge in [0, 0.05) is 23.7 Å². The summed E-state index contributed by atoms with van der Waals surface area (Å²) >= 11 is 11.9. The predicted molar refractivity (Wildman–Crippen MR) is 85.0 cm³/mol. The van der Waals surface area contributed by atoms with Crippen LogP contribution in [0.4, 0.5) is 0 Å². The quantitative estimate of drug-likeness (QED) is 0.750. The third-order valence-electron chi connectivity index (χ3n) is 2.58. The zero-order valence-electron chi connectivity index (χ0n) is 11.4. The third kappa shape index (κ3) is 6.77. The number of nitrogens with one attached hydrogen (secondary N) is 2. The molecule has 0 aliphatic rings. The second-order valence-corrected chi connectivity index (χ2v) is 4.97. The van der Waals surface area contributed by atoms with Crippen molar-refractivity contribution in [2.45, 2.75) is 13.0 Å². The van der Waals surface area contributed by atoms with E-state index >= 15 is 0 Å². The minimum absolute atomic E-state index is 0. The van der Waals surface area contributed by atoms with E-state index in [4.69, 9.17) is 27.9 Å². The Morgan fingerprint density at radius 3 is 2.70 bits per heavy atom. The van der Waals surface area contributed by atoms with E-state index in [2.05, 4.69) is 10.6 Å². The van der Waals surface area contributed by atoms with Crippen molar-refractivity contribution in [2.24, 2.45) is 0 Å². The van der Waals surface area contributed by atoms with Crippen LogP contribution in [0.5, 0.6) is 0 Å². The van der Waals surface area contributed by atoms with Gasteiger partial charge < -0.3 is 15.4 Å². The maximum Gasteiger partial charge on any atom is 0.234 e. The van der Waals surface area contributed by atoms with Gasteiger partial charge >= 0.3 is 0 Å². The second-order valence-electron chi connectivity index (χ2n) is 4.12. The monoisotopic (exact) mass is 340 g/mol. The molecule has 2 N–H and O–H groups in total. The first-order valence-electron chi connectivity index (χ1n) is 5.98. The fourth-order valence-corrected chi connectivity index (χ4v) is 2.17. The molecule has 1 aromatic rings. The molecule has 0 aromatic heterocycles. The lowest BCUT2D eigenvalue weighted by atomic mass is 10.1. The van der Waals surface area contributed by atoms with E-state index in [0.29, 0.717) is 23.2 Å². The van der Waals surface area contributed by atoms with Crippen LogP contribution >= 0.6 is 35.6 Å². The average Bonchev–Trinajstić information content (AvgIpc) is 2.34. The highest BCUT2D eigenvalue weighted by atomic mass is 35.5. The molecule has 7 heteroatoms. The largest absolute Gasteiger partial charge is 0.383 e. The molecule has 0 saturated carbocycles. The standard InChI is InChI=1S/C13H18Cl2N2O2.ClH/c1-9(11-4-3-10(14)7-12(11)15)17-13(18)8-16-5-6-19-2;/h3-4,7,9,16H,5-6,8H2,1-2H3,(H,17,18);1H. The van der Waals surface area contributed by atoms with Crippen LogP contribution in [0.1, 0.15) is 18.5 Å². The number of carbonyl (C=O) groups is 1. The normalized spacial score (nSPS) is 11.6. The maximum absolute atomic E-state index is 11.7. The minimum atomic E-state index is -0.165. The van der Waals surface area contributed by atoms with Gasteiger partial charge in [-0.1, -0.05) is 29.3 Å². The van der Waals surface area contributed by atoms with E-state index < -0.39 is 0 Å². The van der Waals surface area contributed by atoms with E-state index in [0.717, 1.165) is 5.56 Å². The topological polar surface area (TPSA) is 50.4 Å². The van der Waals surface area contributed by atoms with E-state index in [-0.39, 0.29) is 30.9 Å². The summed E-state index contributed by atoms with van der Waals surface area (Å²) in [5.41, 5.74) is 0.844. The van der Waals surface area contributed by atoms with Crippen LogP contribution in [-0.2, 0) is 9.53 Å². The molecule has 0 aliphatic carbocycles. The Morgan fingerprint density at radius 1 is 1.40 bits per heavy atom. The van der Waals surface area contributed by atoms with Crippen LogP contribution in [0, 0.1) is 0 Å². The lowest BCUT2D eigenvalue weighted by Gasteiger charge is -2.16. The Labute approximate surface area is 135 Å². The van der Waals surface area contributed by atoms with Crippen molar-refractivity contribution in [3.8, 4) is 0 Å². The molecule has 20 heavy (non-hydrogen) atoms. The molecule has 0 heterocycles. The lowest BCUT2D eigenvalue weighted by molar-refractivity contribution is -0.120. The molecule has 0 spiro atoms. The summed E-state index contributed by atoms with van der Waals surface area (Å²) in [6.07, 6.45) is 0. The molecule has 1 aromatic carbocycles. The van der Waals surface area contributed by atoms with Gasteiger partial charge in [0.05, 0.1) is 19.2 Å². The maximum atomic E-state index is 11.7. The molecule has 1 unspecified atom stereocenters. The second kappa shape index (κ2) is 10.2. The number of rotatable bonds is 7. The summed E-state index contributed by atoms with van der Waals surface area (Å²) in [6.45, 7) is 3.34. The van der Waals surface area contributed by atoms with E-state index in [9.17, 15) is 4.79 Å². The fourth-order valence-electron chi connectivity index (χ4n) is 1.60. The van der Waals surface area contributed by atoms with Gasteiger partial charge in [-0.15, -0.1) is 12.4 Å². The van der Waals surface area contributed by atoms with E-state index in [1.54, 1.807) is 19.2 Å². The first-order valence-corrected chi connectivity index (χ1v) is 6.74. The van der Waals surface area contributed by atoms with Crippen molar-refractivity contribution in [2.75, 3.05) is 26.8 Å². The Morgan fingerprint density at radius 2 is 2.10 bits per heavy atom. The highest BCUT2D eigenvalue weighted by Gasteiger charge is 2.12. The molecular formula is C13H19Cl3N2O2. The average molecular weight is 342 g/mol. The number of benzene rings is 1. The molecule has 0 aliphatic heterocycles. The Bertz CT molecular complexity index is 430. The molecule has 1 atom stereocenters. The zero-order chi connectivity index (χ0) is 14.3. The van der Waals surface area contributed by atoms with Gasteiger partial charge in [-0.25, -0.2) is 0 Å². The molecule has 4 nitrogen and oxygen atoms in total. The van der Waals surface area contributed by atoms with Crippen molar-refractivity contribution in [1.82, 2.24) is 10.6 Å². The summed E-state index contributed by atoms with van der Waals surface area (Å²) in [6, 6.07) is 5.07. The summed E-state index contributed by atoms with van der Waals surface area (Å²) in [7, 11) is 1.62. The van der Waals surface area contributed by atoms with Crippen LogP contribution in [0.25, 0.3) is 0 Å². The van der Waals surface area contributed by atoms with Crippen LogP contribution in [0.2, 0.25) is 10.0 Å². The van der Waals surface area contributed by atoms with E-state index in [1.165, 1.54) is 0 Å². The first-order chi connectivity index (χ1) is 9.04. The number of methoxy groups -OCH3 is 1. The molecule has 114 valence electrons. The first kappa shape index (κ1) is 19.5. The Kier molecular flexibility index (Phi) is 9.98. The number of halogens is 3. The number of hydrogen-bond donors (Lipinski definition) is 2. The number of amides is 1. The van der Waals surface area contributed by atoms with Crippen molar-refractivity contribution in [3.63, 3.8) is 0 Å². The number of carbonyl (C=O) groups excluding carboxylic acids is 1. The summed E-state index contributed by atoms with van der Waals surface area (Å²) < 4.78 is 4.88. The van der Waals surface area contributed by atoms with Gasteiger partial charge in [0.1, 0.15) is 0 Å². The summed E-state index contributed by atoms with van der Waals surface area (Å²) in [4.78, 5) is 11.7. The van der Waals surface area contributed by atoms with E-state index in [1.807, 2.05) is 13.0 Å². The Hall–Kier alpha value is -0.520. The molecule has 0 saturated heterocycles. The fraction of sp³-hybridized carbons (Fsp3) is 0.462. The molecule has 0 bridgehead atoms. The summed E-state index contributed by atoms with van der Waals surface area (Å²) in [5.74, 6) is -0.0883. The molecule has 1 rings (SSSR count). The van der Waals surface area contributed by atoms with Gasteiger partial charge in [-0.3, -0.25) is 4.79 Å². The van der Waals surface area contributed by atoms with Crippen LogP contribution in [0.3, 0.4) is 0 Å². The number of hydrogen-bond acceptors (Lipinski definition) is 3. The van der Waals surface area contributed by atoms with Crippen LogP contribution < -0.4 is 10.6 Å². The highest BCUT2D eigenvalue weighted by molar-refractivity contribution is 6.35. The third-order valence-corrected chi connectivity index (χ3v) is 3.14. The van der Waals surface area contributed by atoms with Gasteiger partial charge in [-0.05, 0) is 24.6 Å². The smallest absolute Gasteiger partial charge is 0.234 e. The molecule has 1 amide bonds. The van der Waals surface area contributed by atoms with Crippen LogP contribution in [-0.4, -0.2) is 32.7 Å². The van der Waals surface area contributed by atoms with Gasteiger partial charge in [-0.2, -0.15) is 0 Å². The van der Waals surface area contributed by atoms with Gasteiger partial charge in [0.2, 0.25) is 5.91 Å². The van der Waals surface area contributed by atoms with Crippen LogP contribution in [0.15, 0.2) is 18.2 Å². The molecular weight excluding hydrogens is 323 g/mol. The highest BCUT2D eigenvalue weighted by Crippen LogP contribution is 2.25. The van der Waals surface area contributed by atoms with Crippen molar-refractivity contribution >= 4 is 41.5 Å². The van der Waals surface area contributed by atoms with Crippen molar-refractivity contribution < 1.29 is 9.53 Å². The SMILES string of the molecule is COCCNCC(=O)NC(C)c1ccc(Cl)cc1Cl.Cl. The molecule has 0 radical (unpaired) electrons. The van der Waals surface area contributed by atoms with Gasteiger partial charge in [0.15, 0.2) is 0 Å². The Balaban J connectivity index is 0.00000361. The zero-order valence-corrected chi connectivity index (χ0v) is 13.7. The molecule has 0 fully saturated rings. The van der Waals surface area contributed by atoms with Crippen molar-refractivity contribution in [3.05, 3.63) is 33.8 Å². The summed E-state index contributed by atoms with van der Waals surface area (Å²) in [5, 5.41) is 6.97. The lowest BCUT2D eigenvalue weighted by Crippen LogP contribution is -2.36. The van der Waals surface area contributed by atoms with Gasteiger partial charge in [0.25, 0.3) is 0 Å². The predicted octanol–water partition coefficient (Wildman–Crippen LogP) is 2.83.